The predicted molar refractivity (Wildman–Crippen MR) is 110 cm³/mol. The first-order valence-corrected chi connectivity index (χ1v) is 10.7. The van der Waals surface area contributed by atoms with Crippen LogP contribution in [0.25, 0.3) is 0 Å². The van der Waals surface area contributed by atoms with Gasteiger partial charge < -0.3 is 19.5 Å². The quantitative estimate of drug-likeness (QED) is 0.645. The van der Waals surface area contributed by atoms with E-state index in [4.69, 9.17) is 14.2 Å². The van der Waals surface area contributed by atoms with Crippen LogP contribution in [0.15, 0.2) is 0 Å². The van der Waals surface area contributed by atoms with Crippen LogP contribution in [0.4, 0.5) is 0 Å². The van der Waals surface area contributed by atoms with E-state index in [-0.39, 0.29) is 23.3 Å². The number of nitrogens with zero attached hydrogens (tertiary/aromatic N) is 2. The van der Waals surface area contributed by atoms with Crippen LogP contribution in [0.1, 0.15) is 48.0 Å². The molecule has 2 atom stereocenters. The molecule has 2 aliphatic heterocycles. The minimum atomic E-state index is -0.0468. The van der Waals surface area contributed by atoms with Gasteiger partial charge in [-0.05, 0) is 48.0 Å². The first kappa shape index (κ1) is 23.0. The van der Waals surface area contributed by atoms with Crippen molar-refractivity contribution in [1.29, 1.82) is 0 Å². The molecule has 0 spiro atoms. The highest BCUT2D eigenvalue weighted by molar-refractivity contribution is 4.84. The van der Waals surface area contributed by atoms with Crippen molar-refractivity contribution in [2.45, 2.75) is 71.3 Å². The molecule has 2 rings (SSSR count). The molecule has 6 nitrogen and oxygen atoms in total. The second kappa shape index (κ2) is 10.5. The number of morpholine rings is 2. The Labute approximate surface area is 166 Å². The van der Waals surface area contributed by atoms with Gasteiger partial charge in [0.25, 0.3) is 0 Å². The molecular formula is C21H43N3O3. The second-order valence-electron chi connectivity index (χ2n) is 9.91. The molecule has 0 aliphatic carbocycles. The van der Waals surface area contributed by atoms with E-state index in [2.05, 4.69) is 56.7 Å². The van der Waals surface area contributed by atoms with Gasteiger partial charge >= 0.3 is 0 Å². The maximum Gasteiger partial charge on any atom is 0.0976 e. The van der Waals surface area contributed by atoms with Crippen molar-refractivity contribution in [3.63, 3.8) is 0 Å². The Hall–Kier alpha value is -0.240. The summed E-state index contributed by atoms with van der Waals surface area (Å²) < 4.78 is 18.0. The predicted octanol–water partition coefficient (Wildman–Crippen LogP) is 1.98. The molecule has 2 saturated heterocycles. The van der Waals surface area contributed by atoms with Gasteiger partial charge in [-0.25, -0.2) is 0 Å². The Kier molecular flexibility index (Phi) is 8.97. The van der Waals surface area contributed by atoms with Crippen LogP contribution in [0, 0.1) is 0 Å². The van der Waals surface area contributed by atoms with Gasteiger partial charge in [0.2, 0.25) is 0 Å². The van der Waals surface area contributed by atoms with Crippen molar-refractivity contribution in [2.24, 2.45) is 0 Å². The minimum absolute atomic E-state index is 0.0468. The maximum atomic E-state index is 6.08. The summed E-state index contributed by atoms with van der Waals surface area (Å²) in [5.74, 6) is 0. The molecule has 2 fully saturated rings. The second-order valence-corrected chi connectivity index (χ2v) is 9.91. The van der Waals surface area contributed by atoms with Gasteiger partial charge in [-0.3, -0.25) is 9.80 Å². The van der Waals surface area contributed by atoms with Gasteiger partial charge in [-0.2, -0.15) is 0 Å². The van der Waals surface area contributed by atoms with Crippen LogP contribution in [-0.2, 0) is 14.2 Å². The fourth-order valence-electron chi connectivity index (χ4n) is 3.57. The molecule has 2 unspecified atom stereocenters. The molecule has 6 heteroatoms. The van der Waals surface area contributed by atoms with Gasteiger partial charge in [-0.1, -0.05) is 0 Å². The van der Waals surface area contributed by atoms with Gasteiger partial charge in [0.05, 0.1) is 31.0 Å². The third-order valence-electron chi connectivity index (χ3n) is 5.01. The highest BCUT2D eigenvalue weighted by Crippen LogP contribution is 2.17. The van der Waals surface area contributed by atoms with E-state index in [1.807, 2.05) is 0 Å². The van der Waals surface area contributed by atoms with Crippen molar-refractivity contribution in [2.75, 3.05) is 65.6 Å². The van der Waals surface area contributed by atoms with Crippen molar-refractivity contribution in [3.8, 4) is 0 Å². The molecule has 0 radical (unpaired) electrons. The third kappa shape index (κ3) is 9.68. The summed E-state index contributed by atoms with van der Waals surface area (Å²) in [6.07, 6.45) is 1.43. The van der Waals surface area contributed by atoms with Crippen molar-refractivity contribution in [3.05, 3.63) is 0 Å². The highest BCUT2D eigenvalue weighted by Gasteiger charge is 2.32. The lowest BCUT2D eigenvalue weighted by atomic mass is 10.1. The fourth-order valence-corrected chi connectivity index (χ4v) is 3.57. The standard InChI is InChI=1S/C21H43N3O3/c1-20(2,3)22-8-10-24-12-15-26-19(17-24)18-16-23(11-14-25-18)9-7-13-27-21(4,5)6/h18-19,22H,7-17H2,1-6H3. The molecule has 0 aromatic carbocycles. The Morgan fingerprint density at radius 2 is 1.44 bits per heavy atom. The summed E-state index contributed by atoms with van der Waals surface area (Å²) in [4.78, 5) is 5.01. The first-order valence-electron chi connectivity index (χ1n) is 10.7. The van der Waals surface area contributed by atoms with E-state index in [0.29, 0.717) is 0 Å². The zero-order valence-electron chi connectivity index (χ0n) is 18.6. The SMILES string of the molecule is CC(C)(C)NCCN1CCOC(C2CN(CCCOC(C)(C)C)CCO2)C1. The number of hydrogen-bond donors (Lipinski definition) is 1. The minimum Gasteiger partial charge on any atom is -0.376 e. The lowest BCUT2D eigenvalue weighted by Gasteiger charge is -2.41. The summed E-state index contributed by atoms with van der Waals surface area (Å²) in [5, 5.41) is 3.58. The van der Waals surface area contributed by atoms with Crippen LogP contribution in [0.2, 0.25) is 0 Å². The first-order chi connectivity index (χ1) is 12.6. The van der Waals surface area contributed by atoms with Crippen LogP contribution in [-0.4, -0.2) is 98.8 Å². The summed E-state index contributed by atoms with van der Waals surface area (Å²) >= 11 is 0. The summed E-state index contributed by atoms with van der Waals surface area (Å²) in [7, 11) is 0. The van der Waals surface area contributed by atoms with E-state index >= 15 is 0 Å². The van der Waals surface area contributed by atoms with Crippen molar-refractivity contribution >= 4 is 0 Å². The van der Waals surface area contributed by atoms with Crippen LogP contribution >= 0.6 is 0 Å². The average Bonchev–Trinajstić information content (AvgIpc) is 2.57. The third-order valence-corrected chi connectivity index (χ3v) is 5.01. The van der Waals surface area contributed by atoms with Gasteiger partial charge in [0.1, 0.15) is 0 Å². The molecule has 2 aliphatic rings. The van der Waals surface area contributed by atoms with Gasteiger partial charge in [-0.15, -0.1) is 0 Å². The zero-order valence-corrected chi connectivity index (χ0v) is 18.6. The Morgan fingerprint density at radius 1 is 0.889 bits per heavy atom. The Morgan fingerprint density at radius 3 is 1.96 bits per heavy atom. The lowest BCUT2D eigenvalue weighted by Crippen LogP contribution is -2.55. The topological polar surface area (TPSA) is 46.2 Å². The Balaban J connectivity index is 1.69. The number of hydrogen-bond acceptors (Lipinski definition) is 6. The summed E-state index contributed by atoms with van der Waals surface area (Å²) in [6, 6.07) is 0. The molecule has 0 bridgehead atoms. The van der Waals surface area contributed by atoms with Gasteiger partial charge in [0, 0.05) is 58.0 Å². The van der Waals surface area contributed by atoms with Crippen LogP contribution in [0.3, 0.4) is 0 Å². The zero-order chi connectivity index (χ0) is 19.9. The van der Waals surface area contributed by atoms with E-state index in [9.17, 15) is 0 Å². The van der Waals surface area contributed by atoms with Gasteiger partial charge in [0.15, 0.2) is 0 Å². The van der Waals surface area contributed by atoms with Crippen molar-refractivity contribution < 1.29 is 14.2 Å². The monoisotopic (exact) mass is 385 g/mol. The average molecular weight is 386 g/mol. The molecule has 0 aromatic rings. The molecule has 0 amide bonds. The van der Waals surface area contributed by atoms with E-state index in [1.54, 1.807) is 0 Å². The Bertz CT molecular complexity index is 420. The summed E-state index contributed by atoms with van der Waals surface area (Å²) in [5.41, 5.74) is 0.129. The fraction of sp³-hybridized carbons (Fsp3) is 1.00. The van der Waals surface area contributed by atoms with E-state index in [1.165, 1.54) is 0 Å². The molecule has 1 N–H and O–H groups in total. The molecule has 2 heterocycles. The lowest BCUT2D eigenvalue weighted by molar-refractivity contribution is -0.138. The molecule has 27 heavy (non-hydrogen) atoms. The normalized spacial score (nSPS) is 26.4. The van der Waals surface area contributed by atoms with Crippen LogP contribution in [0.5, 0.6) is 0 Å². The summed E-state index contributed by atoms with van der Waals surface area (Å²) in [6.45, 7) is 22.5. The number of rotatable bonds is 8. The van der Waals surface area contributed by atoms with E-state index < -0.39 is 0 Å². The number of ether oxygens (including phenoxy) is 3. The molecular weight excluding hydrogens is 342 g/mol. The van der Waals surface area contributed by atoms with Crippen molar-refractivity contribution in [1.82, 2.24) is 15.1 Å². The number of nitrogens with one attached hydrogen (secondary N) is 1. The van der Waals surface area contributed by atoms with E-state index in [0.717, 1.165) is 72.1 Å². The molecule has 160 valence electrons. The molecule has 0 saturated carbocycles. The maximum absolute atomic E-state index is 6.08. The van der Waals surface area contributed by atoms with Crippen LogP contribution < -0.4 is 5.32 Å². The largest absolute Gasteiger partial charge is 0.376 e. The highest BCUT2D eigenvalue weighted by atomic mass is 16.5. The molecule has 0 aromatic heterocycles. The smallest absolute Gasteiger partial charge is 0.0976 e.